The molecular weight excluding hydrogens is 695 g/mol. The van der Waals surface area contributed by atoms with Gasteiger partial charge in [-0.3, -0.25) is 9.59 Å². The third-order valence-electron chi connectivity index (χ3n) is 11.6. The minimum absolute atomic E-state index is 0.0727. The number of hydrogen-bond acceptors (Lipinski definition) is 5. The highest BCUT2D eigenvalue weighted by Crippen LogP contribution is 2.18. The van der Waals surface area contributed by atoms with Crippen LogP contribution in [-0.2, 0) is 14.3 Å². The number of aliphatic hydroxyl groups is 2. The van der Waals surface area contributed by atoms with Crippen LogP contribution in [0, 0.1) is 0 Å². The summed E-state index contributed by atoms with van der Waals surface area (Å²) in [6.07, 6.45) is 48.6. The average molecular weight is 792 g/mol. The van der Waals surface area contributed by atoms with E-state index in [-0.39, 0.29) is 24.9 Å². The Bertz CT molecular complexity index is 847. The second-order valence-electron chi connectivity index (χ2n) is 17.2. The fraction of sp³-hybridized carbons (Fsp3) is 0.920. The number of allylic oxidation sites excluding steroid dienone is 2. The van der Waals surface area contributed by atoms with Crippen LogP contribution in [0.4, 0.5) is 0 Å². The van der Waals surface area contributed by atoms with E-state index in [1.54, 1.807) is 0 Å². The lowest BCUT2D eigenvalue weighted by Gasteiger charge is -2.24. The molecule has 0 rings (SSSR count). The normalized spacial score (nSPS) is 13.3. The van der Waals surface area contributed by atoms with Crippen LogP contribution in [0.15, 0.2) is 12.2 Å². The van der Waals surface area contributed by atoms with Crippen LogP contribution in [0.25, 0.3) is 0 Å². The van der Waals surface area contributed by atoms with Crippen molar-refractivity contribution in [3.8, 4) is 0 Å². The predicted molar refractivity (Wildman–Crippen MR) is 241 cm³/mol. The Hall–Kier alpha value is -1.40. The van der Waals surface area contributed by atoms with Gasteiger partial charge in [0.25, 0.3) is 0 Å². The van der Waals surface area contributed by atoms with Crippen LogP contribution in [-0.4, -0.2) is 46.9 Å². The van der Waals surface area contributed by atoms with Crippen molar-refractivity contribution in [1.82, 2.24) is 5.32 Å². The number of rotatable bonds is 45. The van der Waals surface area contributed by atoms with Gasteiger partial charge >= 0.3 is 5.97 Å². The molecule has 0 fully saturated rings. The molecule has 0 aliphatic heterocycles. The van der Waals surface area contributed by atoms with E-state index in [2.05, 4.69) is 38.2 Å². The Balaban J connectivity index is 4.40. The lowest BCUT2D eigenvalue weighted by molar-refractivity contribution is -0.151. The van der Waals surface area contributed by atoms with Gasteiger partial charge in [0.2, 0.25) is 5.91 Å². The molecule has 6 nitrogen and oxygen atoms in total. The van der Waals surface area contributed by atoms with Crippen LogP contribution in [0.2, 0.25) is 0 Å². The Morgan fingerprint density at radius 3 is 1.32 bits per heavy atom. The molecule has 0 radical (unpaired) electrons. The number of carbonyl (C=O) groups excluding carboxylic acids is 2. The summed E-state index contributed by atoms with van der Waals surface area (Å²) in [5.41, 5.74) is 0. The van der Waals surface area contributed by atoms with Crippen molar-refractivity contribution in [3.05, 3.63) is 12.2 Å². The van der Waals surface area contributed by atoms with E-state index in [1.807, 2.05) is 0 Å². The van der Waals surface area contributed by atoms with E-state index in [0.717, 1.165) is 64.2 Å². The van der Waals surface area contributed by atoms with Gasteiger partial charge in [0.05, 0.1) is 25.2 Å². The average Bonchev–Trinajstić information content (AvgIpc) is 3.19. The molecule has 1 amide bonds. The minimum atomic E-state index is -0.783. The summed E-state index contributed by atoms with van der Waals surface area (Å²) < 4.78 is 5.90. The van der Waals surface area contributed by atoms with E-state index in [9.17, 15) is 19.8 Å². The standard InChI is InChI=1S/C50H97NO5/c1-4-7-10-13-16-19-21-22-23-24-25-26-27-28-31-34-37-40-43-50(55)56-46(41-38-35-32-29-18-15-12-9-6-3)44-49(54)51-47(45-52)48(53)42-39-36-33-30-20-17-14-11-8-5-2/h15,18,46-48,52-53H,4-14,16-17,19-45H2,1-3H3,(H,51,54)/b18-15-. The Labute approximate surface area is 349 Å². The molecule has 0 aromatic heterocycles. The molecule has 3 atom stereocenters. The van der Waals surface area contributed by atoms with Crippen LogP contribution in [0.5, 0.6) is 0 Å². The lowest BCUT2D eigenvalue weighted by Crippen LogP contribution is -2.46. The van der Waals surface area contributed by atoms with Crippen LogP contribution >= 0.6 is 0 Å². The molecular formula is C50H97NO5. The number of hydrogen-bond donors (Lipinski definition) is 3. The molecule has 3 unspecified atom stereocenters. The van der Waals surface area contributed by atoms with Crippen LogP contribution < -0.4 is 5.32 Å². The van der Waals surface area contributed by atoms with Gasteiger partial charge in [0.1, 0.15) is 6.10 Å². The summed E-state index contributed by atoms with van der Waals surface area (Å²) in [5.74, 6) is -0.478. The Morgan fingerprint density at radius 2 is 0.875 bits per heavy atom. The number of carbonyl (C=O) groups is 2. The van der Waals surface area contributed by atoms with Gasteiger partial charge in [0, 0.05) is 6.42 Å². The molecule has 0 saturated heterocycles. The minimum Gasteiger partial charge on any atom is -0.462 e. The largest absolute Gasteiger partial charge is 0.462 e. The molecule has 56 heavy (non-hydrogen) atoms. The van der Waals surface area contributed by atoms with Crippen LogP contribution in [0.1, 0.15) is 271 Å². The molecule has 0 aliphatic rings. The zero-order valence-corrected chi connectivity index (χ0v) is 37.8. The van der Waals surface area contributed by atoms with Crippen molar-refractivity contribution in [2.45, 2.75) is 289 Å². The SMILES string of the molecule is CCCC/C=C\CCCCCC(CC(=O)NC(CO)C(O)CCCCCCCCCCCC)OC(=O)CCCCCCCCCCCCCCCCCCCC. The first kappa shape index (κ1) is 54.6. The Kier molecular flexibility index (Phi) is 43.6. The summed E-state index contributed by atoms with van der Waals surface area (Å²) in [6.45, 7) is 6.44. The van der Waals surface area contributed by atoms with Crippen molar-refractivity contribution in [2.75, 3.05) is 6.61 Å². The molecule has 6 heteroatoms. The fourth-order valence-corrected chi connectivity index (χ4v) is 7.77. The van der Waals surface area contributed by atoms with Gasteiger partial charge in [0.15, 0.2) is 0 Å². The molecule has 0 bridgehead atoms. The van der Waals surface area contributed by atoms with Crippen molar-refractivity contribution in [3.63, 3.8) is 0 Å². The zero-order chi connectivity index (χ0) is 41.0. The van der Waals surface area contributed by atoms with Gasteiger partial charge in [-0.1, -0.05) is 226 Å². The number of nitrogens with one attached hydrogen (secondary N) is 1. The summed E-state index contributed by atoms with van der Waals surface area (Å²) in [7, 11) is 0. The van der Waals surface area contributed by atoms with Gasteiger partial charge in [-0.2, -0.15) is 0 Å². The molecule has 0 aromatic rings. The van der Waals surface area contributed by atoms with Gasteiger partial charge in [-0.25, -0.2) is 0 Å². The summed E-state index contributed by atoms with van der Waals surface area (Å²) in [6, 6.07) is -0.698. The second kappa shape index (κ2) is 44.7. The second-order valence-corrected chi connectivity index (χ2v) is 17.2. The number of esters is 1. The van der Waals surface area contributed by atoms with Crippen molar-refractivity contribution >= 4 is 11.9 Å². The van der Waals surface area contributed by atoms with E-state index in [1.165, 1.54) is 161 Å². The fourth-order valence-electron chi connectivity index (χ4n) is 7.77. The molecule has 3 N–H and O–H groups in total. The summed E-state index contributed by atoms with van der Waals surface area (Å²) >= 11 is 0. The number of ether oxygens (including phenoxy) is 1. The maximum Gasteiger partial charge on any atom is 0.306 e. The third-order valence-corrected chi connectivity index (χ3v) is 11.6. The molecule has 0 saturated carbocycles. The van der Waals surface area contributed by atoms with Gasteiger partial charge in [-0.05, 0) is 44.9 Å². The highest BCUT2D eigenvalue weighted by atomic mass is 16.5. The number of amides is 1. The Morgan fingerprint density at radius 1 is 0.500 bits per heavy atom. The first-order valence-corrected chi connectivity index (χ1v) is 24.9. The van der Waals surface area contributed by atoms with Gasteiger partial charge < -0.3 is 20.3 Å². The smallest absolute Gasteiger partial charge is 0.306 e. The first-order chi connectivity index (χ1) is 27.5. The van der Waals surface area contributed by atoms with Crippen molar-refractivity contribution in [1.29, 1.82) is 0 Å². The van der Waals surface area contributed by atoms with Crippen molar-refractivity contribution < 1.29 is 24.5 Å². The predicted octanol–water partition coefficient (Wildman–Crippen LogP) is 14.6. The van der Waals surface area contributed by atoms with Crippen LogP contribution in [0.3, 0.4) is 0 Å². The molecule has 0 aliphatic carbocycles. The first-order valence-electron chi connectivity index (χ1n) is 24.9. The maximum absolute atomic E-state index is 13.1. The van der Waals surface area contributed by atoms with E-state index < -0.39 is 18.2 Å². The molecule has 0 heterocycles. The highest BCUT2D eigenvalue weighted by Gasteiger charge is 2.24. The lowest BCUT2D eigenvalue weighted by atomic mass is 10.0. The molecule has 0 aromatic carbocycles. The van der Waals surface area contributed by atoms with E-state index in [0.29, 0.717) is 19.3 Å². The monoisotopic (exact) mass is 792 g/mol. The topological polar surface area (TPSA) is 95.9 Å². The number of unbranched alkanes of at least 4 members (excludes halogenated alkanes) is 31. The zero-order valence-electron chi connectivity index (χ0n) is 37.8. The highest BCUT2D eigenvalue weighted by molar-refractivity contribution is 5.77. The summed E-state index contributed by atoms with van der Waals surface area (Å²) in [5, 5.41) is 23.6. The summed E-state index contributed by atoms with van der Waals surface area (Å²) in [4.78, 5) is 26.0. The quantitative estimate of drug-likeness (QED) is 0.0324. The maximum atomic E-state index is 13.1. The van der Waals surface area contributed by atoms with E-state index >= 15 is 0 Å². The number of aliphatic hydroxyl groups excluding tert-OH is 2. The van der Waals surface area contributed by atoms with E-state index in [4.69, 9.17) is 4.74 Å². The third kappa shape index (κ3) is 39.4. The van der Waals surface area contributed by atoms with Gasteiger partial charge in [-0.15, -0.1) is 0 Å². The van der Waals surface area contributed by atoms with Crippen molar-refractivity contribution in [2.24, 2.45) is 0 Å². The molecule has 0 spiro atoms. The molecule has 332 valence electrons.